The molecule has 2 bridgehead atoms. The summed E-state index contributed by atoms with van der Waals surface area (Å²) in [6.45, 7) is 2.75. The number of ketones is 1. The van der Waals surface area contributed by atoms with Crippen LogP contribution in [0, 0.1) is 11.8 Å². The first-order valence-electron chi connectivity index (χ1n) is 10.0. The summed E-state index contributed by atoms with van der Waals surface area (Å²) in [5.74, 6) is 0.137. The number of allylic oxidation sites excluding steroid dienone is 1. The van der Waals surface area contributed by atoms with Gasteiger partial charge >= 0.3 is 5.97 Å². The summed E-state index contributed by atoms with van der Waals surface area (Å²) in [6, 6.07) is 5.90. The van der Waals surface area contributed by atoms with Crippen LogP contribution in [0.4, 0.5) is 0 Å². The molecule has 2 aromatic rings. The van der Waals surface area contributed by atoms with Crippen LogP contribution in [0.2, 0.25) is 0 Å². The largest absolute Gasteiger partial charge is 0.497 e. The molecule has 2 heterocycles. The fraction of sp³-hybridized carbons (Fsp3) is 0.478. The lowest BCUT2D eigenvalue weighted by Gasteiger charge is -2.45. The number of aryl methyl sites for hydroxylation is 1. The Balaban J connectivity index is 1.94. The van der Waals surface area contributed by atoms with Crippen molar-refractivity contribution in [2.75, 3.05) is 27.8 Å². The first kappa shape index (κ1) is 19.7. The van der Waals surface area contributed by atoms with Gasteiger partial charge in [-0.15, -0.1) is 0 Å². The van der Waals surface area contributed by atoms with Crippen molar-refractivity contribution in [2.45, 2.75) is 25.8 Å². The van der Waals surface area contributed by atoms with E-state index in [1.807, 2.05) is 36.7 Å². The van der Waals surface area contributed by atoms with Crippen molar-refractivity contribution in [1.29, 1.82) is 0 Å². The number of likely N-dealkylation sites (N-methyl/N-ethyl adjacent to an activating group) is 1. The molecule has 6 heteroatoms. The lowest BCUT2D eigenvalue weighted by atomic mass is 9.70. The second-order valence-electron chi connectivity index (χ2n) is 8.10. The molecule has 1 aliphatic heterocycles. The van der Waals surface area contributed by atoms with Gasteiger partial charge in [-0.1, -0.05) is 11.6 Å². The smallest absolute Gasteiger partial charge is 0.310 e. The summed E-state index contributed by atoms with van der Waals surface area (Å²) in [5, 5.41) is 1.05. The number of benzene rings is 1. The molecule has 1 aromatic carbocycles. The van der Waals surface area contributed by atoms with Crippen LogP contribution in [0.5, 0.6) is 5.75 Å². The molecule has 1 saturated heterocycles. The van der Waals surface area contributed by atoms with E-state index in [1.165, 1.54) is 7.11 Å². The number of Topliss-reactive ketones (excluding diaryl/α,β-unsaturated/α-hetero) is 1. The minimum atomic E-state index is -0.351. The number of piperidine rings is 1. The molecule has 3 atom stereocenters. The van der Waals surface area contributed by atoms with Gasteiger partial charge < -0.3 is 14.0 Å². The zero-order valence-electron chi connectivity index (χ0n) is 17.7. The molecule has 154 valence electrons. The lowest BCUT2D eigenvalue weighted by Crippen LogP contribution is -2.54. The maximum Gasteiger partial charge on any atom is 0.310 e. The molecule has 1 aromatic heterocycles. The number of hydrogen-bond donors (Lipinski definition) is 0. The van der Waals surface area contributed by atoms with Crippen molar-refractivity contribution in [3.63, 3.8) is 0 Å². The summed E-state index contributed by atoms with van der Waals surface area (Å²) >= 11 is 0. The third-order valence-electron chi connectivity index (χ3n) is 6.76. The molecule has 1 fully saturated rings. The van der Waals surface area contributed by atoms with Gasteiger partial charge in [-0.3, -0.25) is 14.5 Å². The van der Waals surface area contributed by atoms with Crippen molar-refractivity contribution < 1.29 is 19.1 Å². The second kappa shape index (κ2) is 7.34. The van der Waals surface area contributed by atoms with Gasteiger partial charge in [0.25, 0.3) is 0 Å². The van der Waals surface area contributed by atoms with Crippen LogP contribution in [0.1, 0.15) is 29.4 Å². The van der Waals surface area contributed by atoms with Crippen LogP contribution >= 0.6 is 0 Å². The Morgan fingerprint density at radius 2 is 1.97 bits per heavy atom. The number of fused-ring (bicyclic) bond motifs is 5. The molecule has 2 aliphatic rings. The number of hydrogen-bond acceptors (Lipinski definition) is 5. The Morgan fingerprint density at radius 3 is 2.62 bits per heavy atom. The Hall–Kier alpha value is -2.60. The average Bonchev–Trinajstić information content (AvgIpc) is 2.99. The molecule has 0 amide bonds. The van der Waals surface area contributed by atoms with Gasteiger partial charge in [0, 0.05) is 43.4 Å². The number of aromatic nitrogens is 1. The first-order chi connectivity index (χ1) is 13.9. The highest BCUT2D eigenvalue weighted by molar-refractivity contribution is 6.04. The third kappa shape index (κ3) is 2.97. The maximum atomic E-state index is 13.5. The molecule has 0 radical (unpaired) electrons. The lowest BCUT2D eigenvalue weighted by molar-refractivity contribution is -0.150. The van der Waals surface area contributed by atoms with Crippen LogP contribution < -0.4 is 4.74 Å². The molecule has 29 heavy (non-hydrogen) atoms. The van der Waals surface area contributed by atoms with E-state index in [-0.39, 0.29) is 29.6 Å². The van der Waals surface area contributed by atoms with Gasteiger partial charge in [0.1, 0.15) is 5.75 Å². The van der Waals surface area contributed by atoms with Crippen LogP contribution in [0.3, 0.4) is 0 Å². The summed E-state index contributed by atoms with van der Waals surface area (Å²) in [5.41, 5.74) is 3.87. The number of likely N-dealkylation sites (tertiary alicyclic amines) is 1. The van der Waals surface area contributed by atoms with Crippen LogP contribution in [-0.2, 0) is 23.0 Å². The molecule has 1 aliphatic carbocycles. The van der Waals surface area contributed by atoms with E-state index >= 15 is 0 Å². The Labute approximate surface area is 171 Å². The zero-order chi connectivity index (χ0) is 20.9. The average molecular weight is 396 g/mol. The zero-order valence-corrected chi connectivity index (χ0v) is 17.7. The molecular weight excluding hydrogens is 368 g/mol. The molecular formula is C23H28N2O4. The summed E-state index contributed by atoms with van der Waals surface area (Å²) in [6.07, 6.45) is 3.00. The van der Waals surface area contributed by atoms with Gasteiger partial charge in [0.15, 0.2) is 5.78 Å². The fourth-order valence-corrected chi connectivity index (χ4v) is 5.29. The number of ether oxygens (including phenoxy) is 2. The molecule has 0 saturated carbocycles. The summed E-state index contributed by atoms with van der Waals surface area (Å²) < 4.78 is 12.6. The van der Waals surface area contributed by atoms with Gasteiger partial charge in [0.2, 0.25) is 0 Å². The van der Waals surface area contributed by atoms with E-state index in [2.05, 4.69) is 18.0 Å². The number of methoxy groups -OCH3 is 2. The van der Waals surface area contributed by atoms with Crippen LogP contribution in [0.25, 0.3) is 10.9 Å². The highest BCUT2D eigenvalue weighted by Crippen LogP contribution is 2.42. The first-order valence-corrected chi connectivity index (χ1v) is 10.0. The second-order valence-corrected chi connectivity index (χ2v) is 8.10. The molecule has 0 N–H and O–H groups in total. The molecule has 4 rings (SSSR count). The van der Waals surface area contributed by atoms with E-state index in [4.69, 9.17) is 9.47 Å². The number of nitrogens with zero attached hydrogens (tertiary/aromatic N) is 2. The molecule has 6 nitrogen and oxygen atoms in total. The molecule has 0 spiro atoms. The Bertz CT molecular complexity index is 1020. The maximum absolute atomic E-state index is 13.5. The summed E-state index contributed by atoms with van der Waals surface area (Å²) in [7, 11) is 7.07. The van der Waals surface area contributed by atoms with Gasteiger partial charge in [0.05, 0.1) is 31.3 Å². The van der Waals surface area contributed by atoms with Crippen molar-refractivity contribution in [3.8, 4) is 5.75 Å². The van der Waals surface area contributed by atoms with Crippen LogP contribution in [-0.4, -0.2) is 55.1 Å². The SMILES string of the molecule is CC=C1CN(C)[C@@H]2Cc3c(n(C)c4cc(OC)ccc34)C(=O)C[C@H]1[C@@H]2C(=O)OC. The van der Waals surface area contributed by atoms with Crippen molar-refractivity contribution >= 4 is 22.7 Å². The standard InChI is InChI=1S/C23H28N2O4/c1-6-13-12-24(2)19-10-17-15-8-7-14(28-4)9-18(15)25(3)22(17)20(26)11-16(13)21(19)23(27)29-5/h6-9,16,19,21H,10-12H2,1-5H3/t16-,19-,21+/m1/s1. The predicted octanol–water partition coefficient (Wildman–Crippen LogP) is 2.98. The van der Waals surface area contributed by atoms with E-state index in [0.29, 0.717) is 12.8 Å². The third-order valence-corrected chi connectivity index (χ3v) is 6.76. The minimum absolute atomic E-state index is 0.0179. The van der Waals surface area contributed by atoms with E-state index in [0.717, 1.165) is 40.0 Å². The summed E-state index contributed by atoms with van der Waals surface area (Å²) in [4.78, 5) is 28.5. The van der Waals surface area contributed by atoms with E-state index in [1.54, 1.807) is 7.11 Å². The number of carbonyl (C=O) groups is 2. The normalized spacial score (nSPS) is 26.2. The Kier molecular flexibility index (Phi) is 4.99. The topological polar surface area (TPSA) is 60.8 Å². The minimum Gasteiger partial charge on any atom is -0.497 e. The number of rotatable bonds is 2. The van der Waals surface area contributed by atoms with Crippen molar-refractivity contribution in [3.05, 3.63) is 41.1 Å². The van der Waals surface area contributed by atoms with Crippen molar-refractivity contribution in [2.24, 2.45) is 18.9 Å². The highest BCUT2D eigenvalue weighted by atomic mass is 16.5. The van der Waals surface area contributed by atoms with Crippen LogP contribution in [0.15, 0.2) is 29.8 Å². The Morgan fingerprint density at radius 1 is 1.21 bits per heavy atom. The monoisotopic (exact) mass is 396 g/mol. The van der Waals surface area contributed by atoms with Gasteiger partial charge in [-0.25, -0.2) is 0 Å². The fourth-order valence-electron chi connectivity index (χ4n) is 5.29. The predicted molar refractivity (Wildman–Crippen MR) is 111 cm³/mol. The number of esters is 1. The quantitative estimate of drug-likeness (QED) is 0.577. The van der Waals surface area contributed by atoms with Gasteiger partial charge in [-0.2, -0.15) is 0 Å². The highest BCUT2D eigenvalue weighted by Gasteiger charge is 2.47. The van der Waals surface area contributed by atoms with Crippen molar-refractivity contribution in [1.82, 2.24) is 9.47 Å². The number of carbonyl (C=O) groups excluding carboxylic acids is 2. The molecule has 0 unspecified atom stereocenters. The van der Waals surface area contributed by atoms with Gasteiger partial charge in [-0.05, 0) is 38.1 Å². The van der Waals surface area contributed by atoms with E-state index < -0.39 is 0 Å². The van der Waals surface area contributed by atoms with E-state index in [9.17, 15) is 9.59 Å².